The molecule has 1 aromatic carbocycles. The predicted molar refractivity (Wildman–Crippen MR) is 159 cm³/mol. The summed E-state index contributed by atoms with van der Waals surface area (Å²) in [5, 5.41) is 5.34. The fraction of sp³-hybridized carbons (Fsp3) is 0.645. The van der Waals surface area contributed by atoms with Gasteiger partial charge in [-0.15, -0.1) is 0 Å². The molecule has 3 amide bonds. The van der Waals surface area contributed by atoms with E-state index in [2.05, 4.69) is 43.2 Å². The van der Waals surface area contributed by atoms with Gasteiger partial charge in [-0.25, -0.2) is 0 Å². The van der Waals surface area contributed by atoms with E-state index < -0.39 is 0 Å². The maximum atomic E-state index is 12.5. The number of hydrogen-bond donors (Lipinski definition) is 2. The van der Waals surface area contributed by atoms with Crippen molar-refractivity contribution in [3.05, 3.63) is 47.5 Å². The van der Waals surface area contributed by atoms with E-state index in [1.807, 2.05) is 51.1 Å². The summed E-state index contributed by atoms with van der Waals surface area (Å²) in [4.78, 5) is 39.1. The Morgan fingerprint density at radius 2 is 1.55 bits per heavy atom. The van der Waals surface area contributed by atoms with Crippen LogP contribution in [-0.2, 0) is 14.4 Å². The maximum absolute atomic E-state index is 12.5. The minimum atomic E-state index is -0.242. The van der Waals surface area contributed by atoms with Gasteiger partial charge in [-0.1, -0.05) is 76.9 Å². The Labute approximate surface area is 232 Å². The van der Waals surface area contributed by atoms with Crippen LogP contribution in [-0.4, -0.2) is 66.8 Å². The summed E-state index contributed by atoms with van der Waals surface area (Å²) in [6.45, 7) is 19.1. The van der Waals surface area contributed by atoms with Crippen molar-refractivity contribution >= 4 is 18.2 Å². The highest BCUT2D eigenvalue weighted by Gasteiger charge is 2.22. The molecule has 1 heterocycles. The lowest BCUT2D eigenvalue weighted by Gasteiger charge is -2.29. The maximum Gasteiger partial charge on any atom is 0.247 e. The summed E-state index contributed by atoms with van der Waals surface area (Å²) in [6.07, 6.45) is 7.83. The molecule has 2 rings (SSSR count). The molecule has 0 saturated carbocycles. The second kappa shape index (κ2) is 20.3. The Kier molecular flexibility index (Phi) is 18.9. The molecule has 216 valence electrons. The van der Waals surface area contributed by atoms with Gasteiger partial charge in [-0.2, -0.15) is 0 Å². The lowest BCUT2D eigenvalue weighted by Crippen LogP contribution is -2.43. The number of carbonyl (C=O) groups is 3. The Morgan fingerprint density at radius 1 is 1.00 bits per heavy atom. The van der Waals surface area contributed by atoms with Crippen LogP contribution in [0.2, 0.25) is 0 Å². The van der Waals surface area contributed by atoms with Gasteiger partial charge >= 0.3 is 0 Å². The SMILES string of the molecule is C/C(=C\[C@H](C(C)C)N(C)C(=O)CNC=O)C(=O)NC(C)c1ccccc1.CC(C)N1CCCCC1.CCC. The highest BCUT2D eigenvalue weighted by atomic mass is 16.2. The molecule has 0 aromatic heterocycles. The van der Waals surface area contributed by atoms with Crippen LogP contribution in [0.25, 0.3) is 0 Å². The first-order valence-corrected chi connectivity index (χ1v) is 14.2. The third-order valence-corrected chi connectivity index (χ3v) is 6.41. The molecule has 7 nitrogen and oxygen atoms in total. The van der Waals surface area contributed by atoms with Crippen LogP contribution in [0, 0.1) is 5.92 Å². The van der Waals surface area contributed by atoms with E-state index in [0.29, 0.717) is 12.0 Å². The zero-order chi connectivity index (χ0) is 29.1. The van der Waals surface area contributed by atoms with Crippen molar-refractivity contribution in [3.8, 4) is 0 Å². The second-order valence-electron chi connectivity index (χ2n) is 10.6. The zero-order valence-corrected chi connectivity index (χ0v) is 25.4. The van der Waals surface area contributed by atoms with Gasteiger partial charge in [0.2, 0.25) is 18.2 Å². The van der Waals surface area contributed by atoms with E-state index >= 15 is 0 Å². The normalized spacial score (nSPS) is 15.3. The van der Waals surface area contributed by atoms with E-state index in [-0.39, 0.29) is 36.4 Å². The van der Waals surface area contributed by atoms with Gasteiger partial charge in [0.15, 0.2) is 0 Å². The summed E-state index contributed by atoms with van der Waals surface area (Å²) in [6, 6.07) is 10.1. The number of amides is 3. The number of piperidine rings is 1. The predicted octanol–water partition coefficient (Wildman–Crippen LogP) is 5.34. The standard InChI is InChI=1S/C20H29N3O3.C8H17N.C3H8/c1-14(2)18(23(5)19(25)12-21-13-24)11-15(3)20(26)22-16(4)17-9-7-6-8-10-17;1-8(2)9-6-4-3-5-7-9;1-3-2/h6-11,13-14,16,18H,12H2,1-5H3,(H,21,24)(H,22,26);8H,3-7H2,1-2H3;3H2,1-2H3/b15-11+;;/t16?,18-;;/m1../s1. The monoisotopic (exact) mass is 530 g/mol. The smallest absolute Gasteiger partial charge is 0.247 e. The summed E-state index contributed by atoms with van der Waals surface area (Å²) in [5.41, 5.74) is 1.58. The molecule has 2 N–H and O–H groups in total. The van der Waals surface area contributed by atoms with Crippen LogP contribution in [0.4, 0.5) is 0 Å². The molecule has 1 saturated heterocycles. The largest absolute Gasteiger partial charge is 0.350 e. The molecule has 1 aliphatic heterocycles. The summed E-state index contributed by atoms with van der Waals surface area (Å²) >= 11 is 0. The molecule has 0 spiro atoms. The number of likely N-dealkylation sites (N-methyl/N-ethyl adjacent to an activating group) is 1. The van der Waals surface area contributed by atoms with Crippen LogP contribution in [0.15, 0.2) is 42.0 Å². The van der Waals surface area contributed by atoms with E-state index in [9.17, 15) is 14.4 Å². The van der Waals surface area contributed by atoms with E-state index in [4.69, 9.17) is 0 Å². The van der Waals surface area contributed by atoms with Crippen molar-refractivity contribution in [2.75, 3.05) is 26.7 Å². The van der Waals surface area contributed by atoms with Gasteiger partial charge in [-0.3, -0.25) is 14.4 Å². The number of hydrogen-bond acceptors (Lipinski definition) is 4. The second-order valence-corrected chi connectivity index (χ2v) is 10.6. The Morgan fingerprint density at radius 3 is 2.00 bits per heavy atom. The molecule has 0 radical (unpaired) electrons. The van der Waals surface area contributed by atoms with E-state index in [1.165, 1.54) is 38.8 Å². The van der Waals surface area contributed by atoms with Crippen molar-refractivity contribution in [2.45, 2.75) is 99.2 Å². The number of nitrogens with one attached hydrogen (secondary N) is 2. The number of carbonyl (C=O) groups excluding carboxylic acids is 3. The number of benzene rings is 1. The minimum absolute atomic E-state index is 0.0622. The lowest BCUT2D eigenvalue weighted by molar-refractivity contribution is -0.132. The summed E-state index contributed by atoms with van der Waals surface area (Å²) in [5.74, 6) is -0.258. The van der Waals surface area contributed by atoms with Gasteiger partial charge in [-0.05, 0) is 65.1 Å². The molecular formula is C31H54N4O3. The Bertz CT molecular complexity index is 818. The van der Waals surface area contributed by atoms with Crippen LogP contribution in [0.3, 0.4) is 0 Å². The molecule has 1 fully saturated rings. The highest BCUT2D eigenvalue weighted by Crippen LogP contribution is 2.16. The van der Waals surface area contributed by atoms with Crippen LogP contribution in [0.1, 0.15) is 92.7 Å². The van der Waals surface area contributed by atoms with Crippen LogP contribution < -0.4 is 10.6 Å². The first kappa shape index (κ1) is 35.3. The highest BCUT2D eigenvalue weighted by molar-refractivity contribution is 5.93. The average molecular weight is 531 g/mol. The summed E-state index contributed by atoms with van der Waals surface area (Å²) < 4.78 is 0. The first-order chi connectivity index (χ1) is 18.0. The minimum Gasteiger partial charge on any atom is -0.350 e. The Hall–Kier alpha value is -2.67. The third-order valence-electron chi connectivity index (χ3n) is 6.41. The van der Waals surface area contributed by atoms with Crippen molar-refractivity contribution in [3.63, 3.8) is 0 Å². The summed E-state index contributed by atoms with van der Waals surface area (Å²) in [7, 11) is 1.67. The van der Waals surface area contributed by atoms with E-state index in [0.717, 1.165) is 11.6 Å². The molecule has 7 heteroatoms. The fourth-order valence-corrected chi connectivity index (χ4v) is 4.07. The van der Waals surface area contributed by atoms with Gasteiger partial charge in [0.1, 0.15) is 0 Å². The lowest BCUT2D eigenvalue weighted by atomic mass is 9.99. The molecule has 38 heavy (non-hydrogen) atoms. The van der Waals surface area contributed by atoms with Gasteiger partial charge in [0, 0.05) is 18.7 Å². The number of nitrogens with zero attached hydrogens (tertiary/aromatic N) is 2. The fourth-order valence-electron chi connectivity index (χ4n) is 4.07. The molecule has 1 aliphatic rings. The number of likely N-dealkylation sites (tertiary alicyclic amines) is 1. The van der Waals surface area contributed by atoms with Crippen molar-refractivity contribution in [1.29, 1.82) is 0 Å². The first-order valence-electron chi connectivity index (χ1n) is 14.2. The molecule has 0 aliphatic carbocycles. The Balaban J connectivity index is 0.000000938. The van der Waals surface area contributed by atoms with Crippen molar-refractivity contribution in [2.24, 2.45) is 5.92 Å². The molecule has 2 atom stereocenters. The quantitative estimate of drug-likeness (QED) is 0.316. The van der Waals surface area contributed by atoms with Gasteiger partial charge in [0.05, 0.1) is 18.6 Å². The van der Waals surface area contributed by atoms with Crippen LogP contribution in [0.5, 0.6) is 0 Å². The molecular weight excluding hydrogens is 476 g/mol. The third kappa shape index (κ3) is 14.3. The average Bonchev–Trinajstić information content (AvgIpc) is 2.91. The van der Waals surface area contributed by atoms with Crippen molar-refractivity contribution < 1.29 is 14.4 Å². The molecule has 0 bridgehead atoms. The van der Waals surface area contributed by atoms with E-state index in [1.54, 1.807) is 24.9 Å². The van der Waals surface area contributed by atoms with Crippen molar-refractivity contribution in [1.82, 2.24) is 20.4 Å². The molecule has 1 unspecified atom stereocenters. The van der Waals surface area contributed by atoms with Gasteiger partial charge in [0.25, 0.3) is 0 Å². The topological polar surface area (TPSA) is 81.8 Å². The number of rotatable bonds is 10. The van der Waals surface area contributed by atoms with Crippen LogP contribution >= 0.6 is 0 Å². The zero-order valence-electron chi connectivity index (χ0n) is 25.4. The molecule has 1 aromatic rings. The van der Waals surface area contributed by atoms with Gasteiger partial charge < -0.3 is 20.4 Å².